The highest BCUT2D eigenvalue weighted by Gasteiger charge is 2.14. The molecule has 1 N–H and O–H groups in total. The molecule has 128 valence electrons. The average Bonchev–Trinajstić information content (AvgIpc) is 2.85. The molecule has 0 aliphatic carbocycles. The molecule has 0 aliphatic heterocycles. The van der Waals surface area contributed by atoms with Gasteiger partial charge in [-0.05, 0) is 44.2 Å². The van der Waals surface area contributed by atoms with E-state index in [9.17, 15) is 18.4 Å². The second kappa shape index (κ2) is 8.39. The maximum absolute atomic E-state index is 12.2. The number of amides is 1. The molecule has 0 aliphatic rings. The maximum Gasteiger partial charge on any atom is 0.288 e. The van der Waals surface area contributed by atoms with Crippen LogP contribution in [0.1, 0.15) is 33.0 Å². The van der Waals surface area contributed by atoms with Gasteiger partial charge >= 0.3 is 0 Å². The first kappa shape index (κ1) is 18.6. The highest BCUT2D eigenvalue weighted by molar-refractivity contribution is 7.99. The van der Waals surface area contributed by atoms with Crippen LogP contribution in [0.4, 0.5) is 14.5 Å². The Kier molecular flexibility index (Phi) is 6.51. The van der Waals surface area contributed by atoms with E-state index in [0.717, 1.165) is 9.75 Å². The van der Waals surface area contributed by atoms with Crippen LogP contribution >= 0.6 is 23.1 Å². The Morgan fingerprint density at radius 1 is 1.17 bits per heavy atom. The molecule has 1 amide bonds. The molecule has 2 aromatic rings. The molecule has 1 heterocycles. The minimum Gasteiger partial charge on any atom is -0.326 e. The zero-order valence-electron chi connectivity index (χ0n) is 13.3. The number of carbonyl (C=O) groups is 2. The summed E-state index contributed by atoms with van der Waals surface area (Å²) in [6, 6.07) is 8.03. The lowest BCUT2D eigenvalue weighted by Gasteiger charge is -2.06. The van der Waals surface area contributed by atoms with Crippen molar-refractivity contribution < 1.29 is 18.4 Å². The molecule has 0 radical (unpaired) electrons. The molecule has 0 fully saturated rings. The van der Waals surface area contributed by atoms with Crippen LogP contribution in [0.15, 0.2) is 35.2 Å². The SMILES string of the molecule is Cc1cc(C(=O)CCC(=O)Nc2ccc(SC(F)F)cc2)c(C)s1. The molecule has 1 aromatic heterocycles. The first-order valence-corrected chi connectivity index (χ1v) is 8.99. The number of carbonyl (C=O) groups excluding carboxylic acids is 2. The number of hydrogen-bond acceptors (Lipinski definition) is 4. The Bertz CT molecular complexity index is 727. The number of ketones is 1. The number of nitrogens with one attached hydrogen (secondary N) is 1. The van der Waals surface area contributed by atoms with Crippen molar-refractivity contribution in [2.45, 2.75) is 37.3 Å². The molecule has 2 rings (SSSR count). The van der Waals surface area contributed by atoms with E-state index in [1.54, 1.807) is 23.5 Å². The maximum atomic E-state index is 12.2. The molecular weight excluding hydrogens is 352 g/mol. The van der Waals surface area contributed by atoms with Crippen LogP contribution in [0.25, 0.3) is 0 Å². The lowest BCUT2D eigenvalue weighted by Crippen LogP contribution is -2.13. The zero-order chi connectivity index (χ0) is 17.7. The van der Waals surface area contributed by atoms with Crippen LogP contribution < -0.4 is 5.32 Å². The summed E-state index contributed by atoms with van der Waals surface area (Å²) in [5, 5.41) is 2.66. The first-order chi connectivity index (χ1) is 11.3. The molecule has 24 heavy (non-hydrogen) atoms. The number of hydrogen-bond donors (Lipinski definition) is 1. The van der Waals surface area contributed by atoms with Gasteiger partial charge in [0.25, 0.3) is 5.76 Å². The van der Waals surface area contributed by atoms with Gasteiger partial charge in [-0.25, -0.2) is 0 Å². The predicted molar refractivity (Wildman–Crippen MR) is 94.3 cm³/mol. The Morgan fingerprint density at radius 2 is 1.83 bits per heavy atom. The molecule has 1 aromatic carbocycles. The Labute approximate surface area is 147 Å². The van der Waals surface area contributed by atoms with Gasteiger partial charge in [0.15, 0.2) is 5.78 Å². The normalized spacial score (nSPS) is 10.9. The number of thiophene rings is 1. The number of anilines is 1. The molecule has 0 spiro atoms. The summed E-state index contributed by atoms with van der Waals surface area (Å²) >= 11 is 2.01. The van der Waals surface area contributed by atoms with Crippen molar-refractivity contribution in [2.24, 2.45) is 0 Å². The molecule has 0 saturated carbocycles. The summed E-state index contributed by atoms with van der Waals surface area (Å²) in [5.74, 6) is -2.79. The summed E-state index contributed by atoms with van der Waals surface area (Å²) in [6.07, 6.45) is 0.225. The minimum absolute atomic E-state index is 0.0457. The van der Waals surface area contributed by atoms with E-state index in [1.165, 1.54) is 12.1 Å². The third kappa shape index (κ3) is 5.42. The minimum atomic E-state index is -2.47. The van der Waals surface area contributed by atoms with Gasteiger partial charge in [-0.1, -0.05) is 11.8 Å². The summed E-state index contributed by atoms with van der Waals surface area (Å²) < 4.78 is 24.5. The number of halogens is 2. The topological polar surface area (TPSA) is 46.2 Å². The zero-order valence-corrected chi connectivity index (χ0v) is 14.9. The number of alkyl halides is 2. The van der Waals surface area contributed by atoms with E-state index in [0.29, 0.717) is 27.9 Å². The van der Waals surface area contributed by atoms with Gasteiger partial charge in [0.2, 0.25) is 5.91 Å². The molecule has 0 unspecified atom stereocenters. The fraction of sp³-hybridized carbons (Fsp3) is 0.294. The summed E-state index contributed by atoms with van der Waals surface area (Å²) in [6.45, 7) is 3.83. The lowest BCUT2D eigenvalue weighted by molar-refractivity contribution is -0.116. The van der Waals surface area contributed by atoms with Crippen LogP contribution in [0.3, 0.4) is 0 Å². The number of Topliss-reactive ketones (excluding diaryl/α,β-unsaturated/α-hetero) is 1. The Morgan fingerprint density at radius 3 is 2.38 bits per heavy atom. The fourth-order valence-corrected chi connectivity index (χ4v) is 3.65. The summed E-state index contributed by atoms with van der Waals surface area (Å²) in [4.78, 5) is 26.5. The predicted octanol–water partition coefficient (Wildman–Crippen LogP) is 5.28. The molecule has 3 nitrogen and oxygen atoms in total. The van der Waals surface area contributed by atoms with Crippen molar-refractivity contribution in [3.63, 3.8) is 0 Å². The average molecular weight is 369 g/mol. The van der Waals surface area contributed by atoms with E-state index in [-0.39, 0.29) is 24.5 Å². The van der Waals surface area contributed by atoms with Crippen molar-refractivity contribution in [1.29, 1.82) is 0 Å². The molecule has 0 bridgehead atoms. The van der Waals surface area contributed by atoms with E-state index in [4.69, 9.17) is 0 Å². The Hall–Kier alpha value is -1.73. The van der Waals surface area contributed by atoms with E-state index in [2.05, 4.69) is 5.32 Å². The van der Waals surface area contributed by atoms with Crippen molar-refractivity contribution in [3.8, 4) is 0 Å². The van der Waals surface area contributed by atoms with E-state index >= 15 is 0 Å². The van der Waals surface area contributed by atoms with Crippen LogP contribution in [-0.4, -0.2) is 17.4 Å². The van der Waals surface area contributed by atoms with Gasteiger partial charge in [0.05, 0.1) is 0 Å². The molecular formula is C17H17F2NO2S2. The quantitative estimate of drug-likeness (QED) is 0.533. The smallest absolute Gasteiger partial charge is 0.288 e. The highest BCUT2D eigenvalue weighted by atomic mass is 32.2. The monoisotopic (exact) mass is 369 g/mol. The van der Waals surface area contributed by atoms with Gasteiger partial charge in [0, 0.05) is 38.7 Å². The molecule has 7 heteroatoms. The van der Waals surface area contributed by atoms with E-state index < -0.39 is 5.76 Å². The van der Waals surface area contributed by atoms with E-state index in [1.807, 2.05) is 19.9 Å². The van der Waals surface area contributed by atoms with Gasteiger partial charge in [-0.15, -0.1) is 11.3 Å². The standard InChI is InChI=1S/C17H17F2NO2S2/c1-10-9-14(11(2)23-10)15(21)7-8-16(22)20-12-3-5-13(6-4-12)24-17(18)19/h3-6,9,17H,7-8H2,1-2H3,(H,20,22). The van der Waals surface area contributed by atoms with Gasteiger partial charge < -0.3 is 5.32 Å². The number of benzene rings is 1. The van der Waals surface area contributed by atoms with Crippen LogP contribution in [0.2, 0.25) is 0 Å². The third-order valence-corrected chi connectivity index (χ3v) is 4.97. The fourth-order valence-electron chi connectivity index (χ4n) is 2.21. The number of aryl methyl sites for hydroxylation is 2. The number of thioether (sulfide) groups is 1. The summed E-state index contributed by atoms with van der Waals surface area (Å²) in [5.41, 5.74) is 1.20. The number of rotatable bonds is 7. The molecule has 0 atom stereocenters. The second-order valence-corrected chi connectivity index (χ2v) is 7.73. The molecule has 0 saturated heterocycles. The third-order valence-electron chi connectivity index (χ3n) is 3.28. The first-order valence-electron chi connectivity index (χ1n) is 7.30. The Balaban J connectivity index is 1.85. The van der Waals surface area contributed by atoms with Gasteiger partial charge in [-0.2, -0.15) is 8.78 Å². The lowest BCUT2D eigenvalue weighted by atomic mass is 10.1. The van der Waals surface area contributed by atoms with Crippen LogP contribution in [0.5, 0.6) is 0 Å². The van der Waals surface area contributed by atoms with Crippen molar-refractivity contribution in [2.75, 3.05) is 5.32 Å². The van der Waals surface area contributed by atoms with Gasteiger partial charge in [-0.3, -0.25) is 9.59 Å². The highest BCUT2D eigenvalue weighted by Crippen LogP contribution is 2.26. The summed E-state index contributed by atoms with van der Waals surface area (Å²) in [7, 11) is 0. The van der Waals surface area contributed by atoms with Crippen LogP contribution in [0, 0.1) is 13.8 Å². The van der Waals surface area contributed by atoms with Crippen molar-refractivity contribution in [3.05, 3.63) is 45.6 Å². The second-order valence-electron chi connectivity index (χ2n) is 5.20. The van der Waals surface area contributed by atoms with Crippen LogP contribution in [-0.2, 0) is 4.79 Å². The largest absolute Gasteiger partial charge is 0.326 e. The van der Waals surface area contributed by atoms with Crippen molar-refractivity contribution >= 4 is 40.5 Å². The van der Waals surface area contributed by atoms with Crippen molar-refractivity contribution in [1.82, 2.24) is 0 Å². The van der Waals surface area contributed by atoms with Gasteiger partial charge in [0.1, 0.15) is 0 Å².